The van der Waals surface area contributed by atoms with E-state index in [4.69, 9.17) is 9.84 Å². The normalized spacial score (nSPS) is 10.3. The van der Waals surface area contributed by atoms with Gasteiger partial charge in [0.1, 0.15) is 11.6 Å². The predicted octanol–water partition coefficient (Wildman–Crippen LogP) is 1.78. The predicted molar refractivity (Wildman–Crippen MR) is 59.9 cm³/mol. The fourth-order valence-electron chi connectivity index (χ4n) is 1.43. The second kappa shape index (κ2) is 4.88. The molecule has 0 saturated carbocycles. The summed E-state index contributed by atoms with van der Waals surface area (Å²) < 4.78 is 18.1. The summed E-state index contributed by atoms with van der Waals surface area (Å²) in [7, 11) is 1.46. The van der Waals surface area contributed by atoms with Crippen LogP contribution < -0.4 is 4.74 Å². The van der Waals surface area contributed by atoms with E-state index in [1.165, 1.54) is 31.6 Å². The van der Waals surface area contributed by atoms with Crippen LogP contribution in [0.4, 0.5) is 4.39 Å². The van der Waals surface area contributed by atoms with Crippen LogP contribution in [-0.2, 0) is 6.61 Å². The van der Waals surface area contributed by atoms with E-state index in [1.54, 1.807) is 6.07 Å². The van der Waals surface area contributed by atoms with Crippen molar-refractivity contribution < 1.29 is 14.2 Å². The number of halogens is 1. The molecule has 0 radical (unpaired) electrons. The molecule has 0 aliphatic rings. The highest BCUT2D eigenvalue weighted by Gasteiger charge is 2.09. The first-order valence-electron chi connectivity index (χ1n) is 5.00. The first-order chi connectivity index (χ1) is 8.24. The molecule has 0 saturated heterocycles. The standard InChI is InChI=1S/C12H11FN2O2/c1-17-11-4-9(13)2-3-10(11)12-14-5-8(7-16)6-15-12/h2-6,16H,7H2,1H3. The molecule has 4 nitrogen and oxygen atoms in total. The summed E-state index contributed by atoms with van der Waals surface area (Å²) in [6, 6.07) is 4.15. The van der Waals surface area contributed by atoms with Crippen molar-refractivity contribution in [3.63, 3.8) is 0 Å². The van der Waals surface area contributed by atoms with Crippen LogP contribution in [0.2, 0.25) is 0 Å². The molecule has 5 heteroatoms. The second-order valence-electron chi connectivity index (χ2n) is 3.42. The highest BCUT2D eigenvalue weighted by atomic mass is 19.1. The summed E-state index contributed by atoms with van der Waals surface area (Å²) in [5.74, 6) is 0.429. The molecule has 17 heavy (non-hydrogen) atoms. The topological polar surface area (TPSA) is 55.2 Å². The van der Waals surface area contributed by atoms with Crippen LogP contribution in [0.3, 0.4) is 0 Å². The highest BCUT2D eigenvalue weighted by molar-refractivity contribution is 5.63. The molecule has 0 spiro atoms. The molecule has 1 aromatic carbocycles. The fraction of sp³-hybridized carbons (Fsp3) is 0.167. The van der Waals surface area contributed by atoms with Gasteiger partial charge in [-0.1, -0.05) is 0 Å². The van der Waals surface area contributed by atoms with Gasteiger partial charge in [0.2, 0.25) is 0 Å². The van der Waals surface area contributed by atoms with Gasteiger partial charge in [0.15, 0.2) is 5.82 Å². The largest absolute Gasteiger partial charge is 0.496 e. The van der Waals surface area contributed by atoms with E-state index in [1.807, 2.05) is 0 Å². The van der Waals surface area contributed by atoms with Crippen molar-refractivity contribution in [3.8, 4) is 17.1 Å². The van der Waals surface area contributed by atoms with E-state index in [0.717, 1.165) is 0 Å². The molecule has 0 aliphatic carbocycles. The highest BCUT2D eigenvalue weighted by Crippen LogP contribution is 2.27. The third-order valence-corrected chi connectivity index (χ3v) is 2.29. The van der Waals surface area contributed by atoms with Gasteiger partial charge in [-0.2, -0.15) is 0 Å². The molecule has 0 bridgehead atoms. The first kappa shape index (κ1) is 11.5. The molecule has 2 aromatic rings. The van der Waals surface area contributed by atoms with Crippen molar-refractivity contribution in [2.45, 2.75) is 6.61 Å². The first-order valence-corrected chi connectivity index (χ1v) is 5.00. The molecule has 2 rings (SSSR count). The van der Waals surface area contributed by atoms with Gasteiger partial charge >= 0.3 is 0 Å². The summed E-state index contributed by atoms with van der Waals surface area (Å²) in [5, 5.41) is 8.88. The third kappa shape index (κ3) is 2.39. The van der Waals surface area contributed by atoms with E-state index in [0.29, 0.717) is 22.7 Å². The smallest absolute Gasteiger partial charge is 0.162 e. The van der Waals surface area contributed by atoms with Crippen molar-refractivity contribution in [2.24, 2.45) is 0 Å². The van der Waals surface area contributed by atoms with Crippen molar-refractivity contribution in [3.05, 3.63) is 42.0 Å². The molecule has 0 amide bonds. The van der Waals surface area contributed by atoms with Gasteiger partial charge in [0.05, 0.1) is 19.3 Å². The molecule has 1 heterocycles. The summed E-state index contributed by atoms with van der Waals surface area (Å²) in [4.78, 5) is 8.17. The van der Waals surface area contributed by atoms with Crippen LogP contribution >= 0.6 is 0 Å². The molecule has 0 fully saturated rings. The zero-order valence-electron chi connectivity index (χ0n) is 9.22. The molecular weight excluding hydrogens is 223 g/mol. The van der Waals surface area contributed by atoms with Crippen molar-refractivity contribution in [1.29, 1.82) is 0 Å². The number of aromatic nitrogens is 2. The van der Waals surface area contributed by atoms with Gasteiger partial charge in [-0.25, -0.2) is 14.4 Å². The monoisotopic (exact) mass is 234 g/mol. The number of methoxy groups -OCH3 is 1. The molecule has 1 N–H and O–H groups in total. The Balaban J connectivity index is 2.44. The van der Waals surface area contributed by atoms with Crippen LogP contribution in [-0.4, -0.2) is 22.2 Å². The third-order valence-electron chi connectivity index (χ3n) is 2.29. The lowest BCUT2D eigenvalue weighted by Crippen LogP contribution is -1.95. The number of rotatable bonds is 3. The summed E-state index contributed by atoms with van der Waals surface area (Å²) in [6.07, 6.45) is 3.04. The lowest BCUT2D eigenvalue weighted by Gasteiger charge is -2.07. The van der Waals surface area contributed by atoms with E-state index in [2.05, 4.69) is 9.97 Å². The maximum absolute atomic E-state index is 13.0. The van der Waals surface area contributed by atoms with Gasteiger partial charge in [-0.3, -0.25) is 0 Å². The van der Waals surface area contributed by atoms with Crippen molar-refractivity contribution in [1.82, 2.24) is 9.97 Å². The fourth-order valence-corrected chi connectivity index (χ4v) is 1.43. The minimum atomic E-state index is -0.377. The second-order valence-corrected chi connectivity index (χ2v) is 3.42. The Kier molecular flexibility index (Phi) is 3.30. The number of ether oxygens (including phenoxy) is 1. The average Bonchev–Trinajstić information content (AvgIpc) is 2.39. The maximum atomic E-state index is 13.0. The van der Waals surface area contributed by atoms with Gasteiger partial charge in [-0.05, 0) is 12.1 Å². The van der Waals surface area contributed by atoms with E-state index in [-0.39, 0.29) is 12.4 Å². The summed E-state index contributed by atoms with van der Waals surface area (Å²) >= 11 is 0. The summed E-state index contributed by atoms with van der Waals surface area (Å²) in [5.41, 5.74) is 1.23. The van der Waals surface area contributed by atoms with Gasteiger partial charge in [0.25, 0.3) is 0 Å². The molecule has 88 valence electrons. The van der Waals surface area contributed by atoms with Crippen molar-refractivity contribution in [2.75, 3.05) is 7.11 Å². The molecule has 0 unspecified atom stereocenters. The van der Waals surface area contributed by atoms with Crippen LogP contribution in [0.5, 0.6) is 5.75 Å². The Labute approximate surface area is 97.7 Å². The molecular formula is C12H11FN2O2. The van der Waals surface area contributed by atoms with Crippen LogP contribution in [0.1, 0.15) is 5.56 Å². The van der Waals surface area contributed by atoms with E-state index >= 15 is 0 Å². The van der Waals surface area contributed by atoms with E-state index in [9.17, 15) is 4.39 Å². The van der Waals surface area contributed by atoms with Gasteiger partial charge < -0.3 is 9.84 Å². The number of aliphatic hydroxyl groups excluding tert-OH is 1. The van der Waals surface area contributed by atoms with Gasteiger partial charge in [0, 0.05) is 24.0 Å². The minimum Gasteiger partial charge on any atom is -0.496 e. The average molecular weight is 234 g/mol. The van der Waals surface area contributed by atoms with Crippen LogP contribution in [0.25, 0.3) is 11.4 Å². The Morgan fingerprint density at radius 3 is 2.59 bits per heavy atom. The number of hydrogen-bond acceptors (Lipinski definition) is 4. The Bertz CT molecular complexity index is 514. The quantitative estimate of drug-likeness (QED) is 0.879. The maximum Gasteiger partial charge on any atom is 0.162 e. The Hall–Kier alpha value is -2.01. The number of aliphatic hydroxyl groups is 1. The Morgan fingerprint density at radius 1 is 1.29 bits per heavy atom. The van der Waals surface area contributed by atoms with Crippen molar-refractivity contribution >= 4 is 0 Å². The minimum absolute atomic E-state index is 0.110. The van der Waals surface area contributed by atoms with Crippen LogP contribution in [0.15, 0.2) is 30.6 Å². The molecule has 1 aromatic heterocycles. The van der Waals surface area contributed by atoms with E-state index < -0.39 is 0 Å². The van der Waals surface area contributed by atoms with Gasteiger partial charge in [-0.15, -0.1) is 0 Å². The van der Waals surface area contributed by atoms with Crippen LogP contribution in [0, 0.1) is 5.82 Å². The molecule has 0 aliphatic heterocycles. The lowest BCUT2D eigenvalue weighted by molar-refractivity contribution is 0.281. The number of benzene rings is 1. The summed E-state index contributed by atoms with van der Waals surface area (Å²) in [6.45, 7) is -0.110. The SMILES string of the molecule is COc1cc(F)ccc1-c1ncc(CO)cn1. The Morgan fingerprint density at radius 2 is 2.00 bits per heavy atom. The number of hydrogen-bond donors (Lipinski definition) is 1. The zero-order valence-corrected chi connectivity index (χ0v) is 9.22. The zero-order chi connectivity index (χ0) is 12.3. The molecule has 0 atom stereocenters. The lowest BCUT2D eigenvalue weighted by atomic mass is 10.2. The number of nitrogens with zero attached hydrogens (tertiary/aromatic N) is 2.